The van der Waals surface area contributed by atoms with Crippen molar-refractivity contribution in [3.05, 3.63) is 193 Å². The first-order chi connectivity index (χ1) is 24.7. The van der Waals surface area contributed by atoms with Gasteiger partial charge in [-0.3, -0.25) is 9.36 Å². The molecule has 0 bridgehead atoms. The molecular weight excluding hydrogens is 635 g/mol. The number of nitrogens with zero attached hydrogens (tertiary/aromatic N) is 3. The average molecular weight is 668 g/mol. The molecule has 1 aliphatic heterocycles. The van der Waals surface area contributed by atoms with Crippen LogP contribution in [-0.2, 0) is 6.42 Å². The van der Waals surface area contributed by atoms with Crippen molar-refractivity contribution in [2.24, 2.45) is 4.99 Å². The van der Waals surface area contributed by atoms with E-state index in [1.165, 1.54) is 16.9 Å². The second-order valence-electron chi connectivity index (χ2n) is 12.6. The normalized spacial score (nSPS) is 15.2. The summed E-state index contributed by atoms with van der Waals surface area (Å²) in [6.07, 6.45) is 3.78. The summed E-state index contributed by atoms with van der Waals surface area (Å²) in [5, 5.41) is 0. The summed E-state index contributed by atoms with van der Waals surface area (Å²) >= 11 is 1.45. The van der Waals surface area contributed by atoms with E-state index in [4.69, 9.17) is 9.73 Å². The largest absolute Gasteiger partial charge is 0.496 e. The number of thiazole rings is 1. The molecule has 0 saturated carbocycles. The minimum Gasteiger partial charge on any atom is -0.496 e. The molecule has 242 valence electrons. The van der Waals surface area contributed by atoms with Gasteiger partial charge in [0.15, 0.2) is 4.80 Å². The van der Waals surface area contributed by atoms with Crippen molar-refractivity contribution in [1.29, 1.82) is 0 Å². The number of aromatic nitrogens is 2. The highest BCUT2D eigenvalue weighted by Gasteiger charge is 2.34. The van der Waals surface area contributed by atoms with Gasteiger partial charge in [0.1, 0.15) is 5.75 Å². The number of ether oxygens (including phenoxy) is 1. The van der Waals surface area contributed by atoms with E-state index in [2.05, 4.69) is 120 Å². The van der Waals surface area contributed by atoms with Crippen molar-refractivity contribution < 1.29 is 4.74 Å². The van der Waals surface area contributed by atoms with Crippen LogP contribution in [0.5, 0.6) is 5.75 Å². The zero-order valence-electron chi connectivity index (χ0n) is 27.5. The van der Waals surface area contributed by atoms with E-state index in [0.717, 1.165) is 74.8 Å². The Morgan fingerprint density at radius 1 is 0.760 bits per heavy atom. The van der Waals surface area contributed by atoms with Gasteiger partial charge in [0.2, 0.25) is 0 Å². The van der Waals surface area contributed by atoms with Crippen molar-refractivity contribution in [3.63, 3.8) is 0 Å². The molecule has 5 nitrogen and oxygen atoms in total. The van der Waals surface area contributed by atoms with Crippen LogP contribution in [0.4, 0.5) is 0 Å². The van der Waals surface area contributed by atoms with Crippen LogP contribution in [0.25, 0.3) is 40.0 Å². The second kappa shape index (κ2) is 12.5. The molecule has 0 amide bonds. The predicted molar refractivity (Wildman–Crippen MR) is 202 cm³/mol. The third-order valence-electron chi connectivity index (χ3n) is 9.75. The summed E-state index contributed by atoms with van der Waals surface area (Å²) in [5.41, 5.74) is 11.7. The SMILES string of the molecule is COc1ccccc1[C@@H]1C2=C(N=c3s/c(=C/c4cc(-c5ccccc5)n(-c5ccccc5)c4-c4ccccc4)c(=O)n31)c1ccccc1CC2. The molecule has 1 aliphatic carbocycles. The van der Waals surface area contributed by atoms with Crippen molar-refractivity contribution in [2.75, 3.05) is 7.11 Å². The Morgan fingerprint density at radius 3 is 2.18 bits per heavy atom. The Balaban J connectivity index is 1.33. The summed E-state index contributed by atoms with van der Waals surface area (Å²) in [7, 11) is 1.70. The number of fused-ring (bicyclic) bond motifs is 3. The number of rotatable bonds is 6. The highest BCUT2D eigenvalue weighted by atomic mass is 32.1. The molecule has 7 aromatic rings. The van der Waals surface area contributed by atoms with Gasteiger partial charge in [-0.1, -0.05) is 133 Å². The number of hydrogen-bond donors (Lipinski definition) is 0. The van der Waals surface area contributed by atoms with Crippen LogP contribution < -0.4 is 19.6 Å². The molecule has 6 heteroatoms. The quantitative estimate of drug-likeness (QED) is 0.179. The topological polar surface area (TPSA) is 48.5 Å². The van der Waals surface area contributed by atoms with Crippen molar-refractivity contribution >= 4 is 23.1 Å². The van der Waals surface area contributed by atoms with Gasteiger partial charge in [-0.05, 0) is 65.4 Å². The van der Waals surface area contributed by atoms with E-state index in [1.54, 1.807) is 7.11 Å². The highest BCUT2D eigenvalue weighted by molar-refractivity contribution is 7.07. The summed E-state index contributed by atoms with van der Waals surface area (Å²) in [6.45, 7) is 0. The minimum absolute atomic E-state index is 0.0530. The molecule has 0 spiro atoms. The lowest BCUT2D eigenvalue weighted by atomic mass is 9.83. The van der Waals surface area contributed by atoms with E-state index >= 15 is 0 Å². The maximum atomic E-state index is 14.8. The van der Waals surface area contributed by atoms with Gasteiger partial charge in [-0.15, -0.1) is 0 Å². The van der Waals surface area contributed by atoms with E-state index in [1.807, 2.05) is 41.0 Å². The first-order valence-corrected chi connectivity index (χ1v) is 17.7. The molecular formula is C44H33N3O2S. The first kappa shape index (κ1) is 30.1. The minimum atomic E-state index is -0.324. The number of aryl methyl sites for hydroxylation is 1. The smallest absolute Gasteiger partial charge is 0.271 e. The molecule has 0 unspecified atom stereocenters. The molecule has 3 heterocycles. The third kappa shape index (κ3) is 4.99. The summed E-state index contributed by atoms with van der Waals surface area (Å²) in [5.74, 6) is 0.762. The van der Waals surface area contributed by atoms with Crippen LogP contribution in [0.1, 0.15) is 34.7 Å². The van der Waals surface area contributed by atoms with Crippen molar-refractivity contribution in [3.8, 4) is 34.0 Å². The number of hydrogen-bond acceptors (Lipinski definition) is 4. The molecule has 0 saturated heterocycles. The number of allylic oxidation sites excluding steroid dienone is 1. The molecule has 50 heavy (non-hydrogen) atoms. The van der Waals surface area contributed by atoms with E-state index in [9.17, 15) is 4.79 Å². The van der Waals surface area contributed by atoms with Gasteiger partial charge >= 0.3 is 0 Å². The van der Waals surface area contributed by atoms with Crippen LogP contribution in [0.2, 0.25) is 0 Å². The molecule has 2 aromatic heterocycles. The van der Waals surface area contributed by atoms with Gasteiger partial charge in [0.25, 0.3) is 5.56 Å². The Morgan fingerprint density at radius 2 is 1.42 bits per heavy atom. The standard InChI is InChI=1S/C44H33N3O2S/c1-49-38-24-14-13-23-35(38)42-36-26-25-29-15-11-12-22-34(29)40(36)45-44-47(42)43(48)39(50-44)28-32-27-37(30-16-5-2-6-17-30)46(33-20-9-4-10-21-33)41(32)31-18-7-3-8-19-31/h2-24,27-28,42H,25-26H2,1H3/b39-28+/t42-/m1/s1. The van der Waals surface area contributed by atoms with Crippen molar-refractivity contribution in [1.82, 2.24) is 9.13 Å². The Kier molecular flexibility index (Phi) is 7.51. The lowest BCUT2D eigenvalue weighted by Crippen LogP contribution is -2.39. The zero-order chi connectivity index (χ0) is 33.6. The average Bonchev–Trinajstić information content (AvgIpc) is 3.71. The van der Waals surface area contributed by atoms with E-state index in [0.29, 0.717) is 9.33 Å². The van der Waals surface area contributed by atoms with Gasteiger partial charge in [-0.25, -0.2) is 4.99 Å². The fourth-order valence-electron chi connectivity index (χ4n) is 7.53. The monoisotopic (exact) mass is 667 g/mol. The highest BCUT2D eigenvalue weighted by Crippen LogP contribution is 2.43. The number of para-hydroxylation sites is 2. The van der Waals surface area contributed by atoms with Gasteiger partial charge in [0.05, 0.1) is 34.8 Å². The molecule has 2 aliphatic rings. The Bertz CT molecular complexity index is 2600. The van der Waals surface area contributed by atoms with Gasteiger partial charge in [0, 0.05) is 22.4 Å². The van der Waals surface area contributed by atoms with Crippen LogP contribution in [0, 0.1) is 0 Å². The Hall–Kier alpha value is -5.98. The maximum Gasteiger partial charge on any atom is 0.271 e. The second-order valence-corrected chi connectivity index (χ2v) is 13.6. The van der Waals surface area contributed by atoms with Crippen LogP contribution in [0.3, 0.4) is 0 Å². The van der Waals surface area contributed by atoms with Crippen LogP contribution in [-0.4, -0.2) is 16.2 Å². The molecule has 1 atom stereocenters. The van der Waals surface area contributed by atoms with Gasteiger partial charge in [-0.2, -0.15) is 0 Å². The third-order valence-corrected chi connectivity index (χ3v) is 10.7. The number of benzene rings is 5. The van der Waals surface area contributed by atoms with E-state index < -0.39 is 0 Å². The van der Waals surface area contributed by atoms with Crippen LogP contribution >= 0.6 is 11.3 Å². The first-order valence-electron chi connectivity index (χ1n) is 16.9. The maximum absolute atomic E-state index is 14.8. The molecule has 0 radical (unpaired) electrons. The van der Waals surface area contributed by atoms with E-state index in [-0.39, 0.29) is 11.6 Å². The fourth-order valence-corrected chi connectivity index (χ4v) is 8.52. The summed E-state index contributed by atoms with van der Waals surface area (Å²) in [6, 6.07) is 49.7. The summed E-state index contributed by atoms with van der Waals surface area (Å²) in [4.78, 5) is 20.8. The van der Waals surface area contributed by atoms with Crippen LogP contribution in [0.15, 0.2) is 161 Å². The number of methoxy groups -OCH3 is 1. The predicted octanol–water partition coefficient (Wildman–Crippen LogP) is 8.45. The fraction of sp³-hybridized carbons (Fsp3) is 0.0909. The van der Waals surface area contributed by atoms with Crippen molar-refractivity contribution in [2.45, 2.75) is 18.9 Å². The molecule has 5 aromatic carbocycles. The van der Waals surface area contributed by atoms with Gasteiger partial charge < -0.3 is 9.30 Å². The zero-order valence-corrected chi connectivity index (χ0v) is 28.3. The Labute approximate surface area is 294 Å². The molecule has 9 rings (SSSR count). The lowest BCUT2D eigenvalue weighted by molar-refractivity contribution is 0.402. The molecule has 0 N–H and O–H groups in total. The summed E-state index contributed by atoms with van der Waals surface area (Å²) < 4.78 is 10.7. The lowest BCUT2D eigenvalue weighted by Gasteiger charge is -2.31. The molecule has 0 fully saturated rings.